The third-order valence-electron chi connectivity index (χ3n) is 6.13. The highest BCUT2D eigenvalue weighted by Gasteiger charge is 2.51. The zero-order chi connectivity index (χ0) is 25.5. The van der Waals surface area contributed by atoms with E-state index in [-0.39, 0.29) is 17.2 Å². The molecule has 180 valence electrons. The number of nitrogens with one attached hydrogen (secondary N) is 2. The number of nitrogens with zero attached hydrogens (tertiary/aromatic N) is 3. The molecule has 11 heteroatoms. The molecular weight excluding hydrogens is 493 g/mol. The van der Waals surface area contributed by atoms with E-state index in [1.807, 2.05) is 0 Å². The summed E-state index contributed by atoms with van der Waals surface area (Å²) in [7, 11) is 0. The summed E-state index contributed by atoms with van der Waals surface area (Å²) >= 11 is 12.4. The number of hydrogen-bond donors (Lipinski definition) is 3. The lowest BCUT2D eigenvalue weighted by atomic mass is 9.99. The first kappa shape index (κ1) is 24.7. The summed E-state index contributed by atoms with van der Waals surface area (Å²) in [4.78, 5) is 28.7. The van der Waals surface area contributed by atoms with Crippen LogP contribution < -0.4 is 10.4 Å². The molecule has 0 spiro atoms. The Morgan fingerprint density at radius 2 is 1.91 bits per heavy atom. The molecular formula is C24H21Cl2N5O4. The highest BCUT2D eigenvalue weighted by Crippen LogP contribution is 2.35. The van der Waals surface area contributed by atoms with E-state index in [1.165, 1.54) is 13.1 Å². The van der Waals surface area contributed by atoms with Crippen LogP contribution in [0.25, 0.3) is 0 Å². The van der Waals surface area contributed by atoms with E-state index < -0.39 is 29.6 Å². The summed E-state index contributed by atoms with van der Waals surface area (Å²) in [5, 5.41) is 35.2. The van der Waals surface area contributed by atoms with Gasteiger partial charge in [-0.05, 0) is 42.8 Å². The Hall–Kier alpha value is -3.42. The fourth-order valence-corrected chi connectivity index (χ4v) is 4.97. The molecule has 0 saturated carbocycles. The number of carboxylic acids is 1. The molecule has 2 heterocycles. The van der Waals surface area contributed by atoms with Gasteiger partial charge in [0.1, 0.15) is 11.7 Å². The molecule has 1 aliphatic heterocycles. The van der Waals surface area contributed by atoms with Crippen molar-refractivity contribution >= 4 is 35.1 Å². The van der Waals surface area contributed by atoms with Crippen LogP contribution >= 0.6 is 23.2 Å². The molecule has 2 aromatic carbocycles. The molecule has 35 heavy (non-hydrogen) atoms. The van der Waals surface area contributed by atoms with Crippen molar-refractivity contribution in [2.24, 2.45) is 0 Å². The maximum atomic E-state index is 14.0. The first-order valence-corrected chi connectivity index (χ1v) is 11.4. The van der Waals surface area contributed by atoms with Crippen LogP contribution in [-0.2, 0) is 16.9 Å². The van der Waals surface area contributed by atoms with Gasteiger partial charge in [0.05, 0.1) is 17.8 Å². The summed E-state index contributed by atoms with van der Waals surface area (Å²) in [6.45, 7) is 3.06. The monoisotopic (exact) mass is 513 g/mol. The van der Waals surface area contributed by atoms with Crippen molar-refractivity contribution in [1.82, 2.24) is 14.9 Å². The maximum Gasteiger partial charge on any atom is 0.325 e. The molecule has 0 radical (unpaired) electrons. The Balaban J connectivity index is 1.84. The number of hydroxylamine groups is 2. The number of carboxylic acid groups (broad SMARTS) is 1. The van der Waals surface area contributed by atoms with E-state index in [2.05, 4.69) is 16.4 Å². The van der Waals surface area contributed by atoms with Crippen LogP contribution in [0.4, 0.5) is 0 Å². The minimum Gasteiger partial charge on any atom is -0.632 e. The van der Waals surface area contributed by atoms with Gasteiger partial charge in [-0.2, -0.15) is 5.26 Å². The number of hydrogen-bond acceptors (Lipinski definition) is 5. The molecule has 3 N–H and O–H groups in total. The summed E-state index contributed by atoms with van der Waals surface area (Å²) in [6.07, 6.45) is 1.54. The molecule has 3 aromatic rings. The lowest BCUT2D eigenvalue weighted by molar-refractivity contribution is -0.936. The van der Waals surface area contributed by atoms with Crippen molar-refractivity contribution in [3.05, 3.63) is 92.1 Å². The third-order valence-corrected chi connectivity index (χ3v) is 6.57. The molecule has 0 bridgehead atoms. The van der Waals surface area contributed by atoms with E-state index >= 15 is 0 Å². The average molecular weight is 514 g/mol. The highest BCUT2D eigenvalue weighted by molar-refractivity contribution is 6.34. The molecule has 4 atom stereocenters. The summed E-state index contributed by atoms with van der Waals surface area (Å²) in [6, 6.07) is 11.7. The van der Waals surface area contributed by atoms with Crippen LogP contribution in [-0.4, -0.2) is 32.6 Å². The number of carbonyl (C=O) groups excluding carboxylic acids is 1. The Morgan fingerprint density at radius 3 is 2.49 bits per heavy atom. The largest absolute Gasteiger partial charge is 0.632 e. The van der Waals surface area contributed by atoms with Crippen molar-refractivity contribution in [2.75, 3.05) is 0 Å². The van der Waals surface area contributed by atoms with Crippen molar-refractivity contribution in [1.29, 1.82) is 5.26 Å². The molecule has 0 saturated heterocycles. The number of quaternary nitrogens is 1. The topological polar surface area (TPSA) is 136 Å². The molecule has 2 unspecified atom stereocenters. The smallest absolute Gasteiger partial charge is 0.325 e. The summed E-state index contributed by atoms with van der Waals surface area (Å²) in [5.74, 6) is -1.53. The summed E-state index contributed by atoms with van der Waals surface area (Å²) < 4.78 is 1.57. The minimum absolute atomic E-state index is 0.0632. The quantitative estimate of drug-likeness (QED) is 0.433. The van der Waals surface area contributed by atoms with Crippen LogP contribution in [0, 0.1) is 16.5 Å². The number of benzene rings is 2. The lowest BCUT2D eigenvalue weighted by Gasteiger charge is -2.39. The zero-order valence-corrected chi connectivity index (χ0v) is 20.3. The Labute approximate surface area is 211 Å². The van der Waals surface area contributed by atoms with Crippen molar-refractivity contribution in [3.8, 4) is 6.07 Å². The number of imidazole rings is 1. The summed E-state index contributed by atoms with van der Waals surface area (Å²) in [5.41, 5.74) is 0.615. The van der Waals surface area contributed by atoms with Gasteiger partial charge in [-0.3, -0.25) is 14.2 Å². The van der Waals surface area contributed by atoms with Crippen LogP contribution in [0.15, 0.2) is 48.7 Å². The second kappa shape index (κ2) is 9.32. The van der Waals surface area contributed by atoms with Gasteiger partial charge < -0.3 is 20.7 Å². The Bertz CT molecular complexity index is 1330. The Morgan fingerprint density at radius 1 is 1.29 bits per heavy atom. The predicted molar refractivity (Wildman–Crippen MR) is 128 cm³/mol. The number of nitriles is 1. The second-order valence-electron chi connectivity index (χ2n) is 8.63. The normalized spacial score (nSPS) is 21.7. The minimum atomic E-state index is -1.24. The highest BCUT2D eigenvalue weighted by atomic mass is 35.5. The Kier molecular flexibility index (Phi) is 6.58. The van der Waals surface area contributed by atoms with E-state index in [0.29, 0.717) is 27.0 Å². The van der Waals surface area contributed by atoms with Crippen LogP contribution in [0.1, 0.15) is 52.9 Å². The number of amides is 1. The number of rotatable bonds is 6. The first-order chi connectivity index (χ1) is 16.5. The van der Waals surface area contributed by atoms with Crippen LogP contribution in [0.2, 0.25) is 10.0 Å². The second-order valence-corrected chi connectivity index (χ2v) is 9.50. The van der Waals surface area contributed by atoms with Gasteiger partial charge in [-0.15, -0.1) is 0 Å². The molecule has 1 amide bonds. The molecule has 4 rings (SSSR count). The van der Waals surface area contributed by atoms with Gasteiger partial charge in [-0.1, -0.05) is 35.3 Å². The zero-order valence-electron chi connectivity index (χ0n) is 18.8. The first-order valence-electron chi connectivity index (χ1n) is 10.7. The fraction of sp³-hybridized carbons (Fsp3) is 0.250. The standard InChI is InChI=1S/C24H21Cl2N5O4/c1-13(23(33)34)29-22(32)19-12-28-21-20(16-7-17(25)9-18(26)8-16)31(35)24(2,30(19)21)10-14-3-5-15(11-27)6-4-14/h3-9,12-13,20,31H,10H2,1-2H3,(H,29,32)(H,33,34)/t13?,20?,24-/m0/s1. The SMILES string of the molecule is CC(NC(=O)c1cnc2n1[C@](C)(Cc1ccc(C#N)cc1)[N@H+]([O-])C2c1cc(Cl)cc(Cl)c1)C(=O)O. The average Bonchev–Trinajstić information content (AvgIpc) is 3.32. The number of halogens is 2. The van der Waals surface area contributed by atoms with Crippen molar-refractivity contribution in [2.45, 2.75) is 38.0 Å². The van der Waals surface area contributed by atoms with Crippen LogP contribution in [0.5, 0.6) is 0 Å². The number of aromatic nitrogens is 2. The van der Waals surface area contributed by atoms with E-state index in [0.717, 1.165) is 5.56 Å². The number of aliphatic carboxylic acids is 1. The van der Waals surface area contributed by atoms with E-state index in [9.17, 15) is 19.9 Å². The van der Waals surface area contributed by atoms with Gasteiger partial charge in [0.25, 0.3) is 5.91 Å². The molecule has 0 aliphatic carbocycles. The van der Waals surface area contributed by atoms with E-state index in [1.54, 1.807) is 54.0 Å². The molecule has 0 fully saturated rings. The molecule has 1 aliphatic rings. The molecule has 9 nitrogen and oxygen atoms in total. The van der Waals surface area contributed by atoms with Gasteiger partial charge in [0, 0.05) is 29.0 Å². The van der Waals surface area contributed by atoms with Crippen LogP contribution in [0.3, 0.4) is 0 Å². The van der Waals surface area contributed by atoms with Crippen molar-refractivity contribution in [3.63, 3.8) is 0 Å². The predicted octanol–water partition coefficient (Wildman–Crippen LogP) is 2.67. The van der Waals surface area contributed by atoms with E-state index in [4.69, 9.17) is 28.5 Å². The van der Waals surface area contributed by atoms with Gasteiger partial charge in [-0.25, -0.2) is 4.98 Å². The number of carbonyl (C=O) groups is 2. The van der Waals surface area contributed by atoms with Crippen molar-refractivity contribution < 1.29 is 19.8 Å². The van der Waals surface area contributed by atoms with Gasteiger partial charge in [0.2, 0.25) is 0 Å². The number of fused-ring (bicyclic) bond motifs is 1. The fourth-order valence-electron chi connectivity index (χ4n) is 4.42. The molecule has 1 aromatic heterocycles. The lowest BCUT2D eigenvalue weighted by Crippen LogP contribution is -3.13. The van der Waals surface area contributed by atoms with Gasteiger partial charge >= 0.3 is 5.97 Å². The third kappa shape index (κ3) is 4.49. The maximum absolute atomic E-state index is 14.0. The van der Waals surface area contributed by atoms with Gasteiger partial charge in [0.15, 0.2) is 17.5 Å².